The van der Waals surface area contributed by atoms with E-state index in [1.54, 1.807) is 4.90 Å². The Hall–Kier alpha value is -3.28. The van der Waals surface area contributed by atoms with Gasteiger partial charge in [-0.15, -0.1) is 0 Å². The minimum Gasteiger partial charge on any atom is -0.486 e. The Bertz CT molecular complexity index is 1010. The first-order chi connectivity index (χ1) is 14.0. The average Bonchev–Trinajstić information content (AvgIpc) is 3.09. The minimum atomic E-state index is -0.192. The highest BCUT2D eigenvalue weighted by Crippen LogP contribution is 2.31. The molecule has 3 aromatic rings. The van der Waals surface area contributed by atoms with Gasteiger partial charge in [-0.05, 0) is 63.2 Å². The summed E-state index contributed by atoms with van der Waals surface area (Å²) in [6.07, 6.45) is -0.192. The van der Waals surface area contributed by atoms with Gasteiger partial charge in [0.05, 0.1) is 17.9 Å². The maximum atomic E-state index is 13.0. The molecule has 0 N–H and O–H groups in total. The molecule has 1 aliphatic heterocycles. The van der Waals surface area contributed by atoms with E-state index in [-0.39, 0.29) is 12.0 Å². The van der Waals surface area contributed by atoms with Crippen LogP contribution >= 0.6 is 0 Å². The fraction of sp³-hybridized carbons (Fsp3) is 0.304. The summed E-state index contributed by atoms with van der Waals surface area (Å²) in [5.74, 6) is 1.45. The lowest BCUT2D eigenvalue weighted by molar-refractivity contribution is 0.0475. The second-order valence-electron chi connectivity index (χ2n) is 7.23. The van der Waals surface area contributed by atoms with Crippen molar-refractivity contribution in [1.82, 2.24) is 14.7 Å². The molecule has 0 saturated carbocycles. The molecule has 1 atom stereocenters. The number of aryl methyl sites for hydroxylation is 2. The summed E-state index contributed by atoms with van der Waals surface area (Å²) in [5.41, 5.74) is 3.62. The number of carbonyl (C=O) groups excluding carboxylic acids is 1. The highest BCUT2D eigenvalue weighted by Gasteiger charge is 2.25. The molecule has 0 radical (unpaired) electrons. The number of aromatic nitrogens is 2. The van der Waals surface area contributed by atoms with E-state index in [0.29, 0.717) is 25.3 Å². The Kier molecular flexibility index (Phi) is 5.25. The lowest BCUT2D eigenvalue weighted by atomic mass is 10.1. The van der Waals surface area contributed by atoms with Crippen molar-refractivity contribution in [2.24, 2.45) is 0 Å². The molecule has 150 valence electrons. The maximum Gasteiger partial charge on any atom is 0.253 e. The molecule has 2 heterocycles. The van der Waals surface area contributed by atoms with Crippen LogP contribution in [0.2, 0.25) is 0 Å². The summed E-state index contributed by atoms with van der Waals surface area (Å²) < 4.78 is 13.7. The number of carbonyl (C=O) groups is 1. The largest absolute Gasteiger partial charge is 0.486 e. The Morgan fingerprint density at radius 1 is 1.14 bits per heavy atom. The highest BCUT2D eigenvalue weighted by molar-refractivity contribution is 5.94. The number of likely N-dealkylation sites (N-methyl/N-ethyl adjacent to an activating group) is 1. The molecule has 6 nitrogen and oxygen atoms in total. The van der Waals surface area contributed by atoms with Gasteiger partial charge in [0, 0.05) is 17.8 Å². The molecule has 0 unspecified atom stereocenters. The van der Waals surface area contributed by atoms with E-state index in [1.807, 2.05) is 80.1 Å². The third kappa shape index (κ3) is 3.97. The number of nitrogens with zero attached hydrogens (tertiary/aromatic N) is 3. The molecular formula is C23H25N3O3. The molecule has 1 aliphatic rings. The lowest BCUT2D eigenvalue weighted by Gasteiger charge is -2.31. The average molecular weight is 391 g/mol. The van der Waals surface area contributed by atoms with Gasteiger partial charge < -0.3 is 14.4 Å². The molecule has 2 aromatic carbocycles. The maximum absolute atomic E-state index is 13.0. The van der Waals surface area contributed by atoms with E-state index in [0.717, 1.165) is 28.6 Å². The van der Waals surface area contributed by atoms with Gasteiger partial charge in [0.1, 0.15) is 6.61 Å². The summed E-state index contributed by atoms with van der Waals surface area (Å²) >= 11 is 0. The Balaban J connectivity index is 1.45. The van der Waals surface area contributed by atoms with Gasteiger partial charge in [-0.25, -0.2) is 4.68 Å². The van der Waals surface area contributed by atoms with Crippen molar-refractivity contribution in [3.63, 3.8) is 0 Å². The van der Waals surface area contributed by atoms with Crippen molar-refractivity contribution >= 4 is 5.91 Å². The lowest BCUT2D eigenvalue weighted by Crippen LogP contribution is -2.43. The number of fused-ring (bicyclic) bond motifs is 1. The van der Waals surface area contributed by atoms with Crippen LogP contribution in [0.5, 0.6) is 11.5 Å². The first kappa shape index (κ1) is 19.1. The van der Waals surface area contributed by atoms with E-state index < -0.39 is 0 Å². The predicted octanol–water partition coefficient (Wildman–Crippen LogP) is 3.79. The van der Waals surface area contributed by atoms with Gasteiger partial charge in [-0.1, -0.05) is 12.1 Å². The van der Waals surface area contributed by atoms with E-state index in [4.69, 9.17) is 9.47 Å². The quantitative estimate of drug-likeness (QED) is 0.664. The molecule has 0 fully saturated rings. The molecule has 4 rings (SSSR count). The number of ether oxygens (including phenoxy) is 2. The van der Waals surface area contributed by atoms with Crippen molar-refractivity contribution in [2.75, 3.05) is 19.7 Å². The second-order valence-corrected chi connectivity index (χ2v) is 7.23. The summed E-state index contributed by atoms with van der Waals surface area (Å²) in [6, 6.07) is 17.2. The van der Waals surface area contributed by atoms with Crippen LogP contribution in [0, 0.1) is 13.8 Å². The highest BCUT2D eigenvalue weighted by atomic mass is 16.6. The summed E-state index contributed by atoms with van der Waals surface area (Å²) in [7, 11) is 0. The number of amides is 1. The topological polar surface area (TPSA) is 56.6 Å². The third-order valence-corrected chi connectivity index (χ3v) is 5.03. The summed E-state index contributed by atoms with van der Waals surface area (Å²) in [6.45, 7) is 7.46. The minimum absolute atomic E-state index is 0.0186. The monoisotopic (exact) mass is 391 g/mol. The van der Waals surface area contributed by atoms with Crippen molar-refractivity contribution in [3.8, 4) is 17.2 Å². The van der Waals surface area contributed by atoms with Crippen LogP contribution in [0.1, 0.15) is 28.7 Å². The summed E-state index contributed by atoms with van der Waals surface area (Å²) in [4.78, 5) is 14.8. The fourth-order valence-corrected chi connectivity index (χ4v) is 3.57. The van der Waals surface area contributed by atoms with Crippen LogP contribution in [-0.2, 0) is 0 Å². The van der Waals surface area contributed by atoms with E-state index in [9.17, 15) is 4.79 Å². The first-order valence-corrected chi connectivity index (χ1v) is 9.86. The van der Waals surface area contributed by atoms with Crippen molar-refractivity contribution < 1.29 is 14.3 Å². The van der Waals surface area contributed by atoms with Crippen LogP contribution in [-0.4, -0.2) is 46.4 Å². The smallest absolute Gasteiger partial charge is 0.253 e. The van der Waals surface area contributed by atoms with Gasteiger partial charge >= 0.3 is 0 Å². The van der Waals surface area contributed by atoms with Gasteiger partial charge in [-0.2, -0.15) is 5.10 Å². The molecular weight excluding hydrogens is 366 g/mol. The van der Waals surface area contributed by atoms with Crippen molar-refractivity contribution in [1.29, 1.82) is 0 Å². The van der Waals surface area contributed by atoms with Crippen LogP contribution in [0.3, 0.4) is 0 Å². The molecule has 1 amide bonds. The predicted molar refractivity (Wildman–Crippen MR) is 111 cm³/mol. The van der Waals surface area contributed by atoms with Crippen LogP contribution < -0.4 is 9.47 Å². The molecule has 0 saturated heterocycles. The number of benzene rings is 2. The van der Waals surface area contributed by atoms with Crippen molar-refractivity contribution in [2.45, 2.75) is 26.9 Å². The molecule has 0 aliphatic carbocycles. The number of hydrogen-bond donors (Lipinski definition) is 0. The van der Waals surface area contributed by atoms with E-state index in [2.05, 4.69) is 5.10 Å². The zero-order valence-electron chi connectivity index (χ0n) is 17.0. The standard InChI is InChI=1S/C23H25N3O3/c1-4-25(14-20-15-28-21-7-5-6-8-22(21)29-20)23(27)18-9-11-19(12-10-18)26-17(3)13-16(2)24-26/h5-13,20H,4,14-15H2,1-3H3/t20-/m0/s1. The number of rotatable bonds is 5. The van der Waals surface area contributed by atoms with Crippen LogP contribution in [0.15, 0.2) is 54.6 Å². The van der Waals surface area contributed by atoms with Crippen molar-refractivity contribution in [3.05, 3.63) is 71.5 Å². The Morgan fingerprint density at radius 2 is 1.86 bits per heavy atom. The van der Waals surface area contributed by atoms with Gasteiger partial charge in [-0.3, -0.25) is 4.79 Å². The molecule has 29 heavy (non-hydrogen) atoms. The van der Waals surface area contributed by atoms with Crippen LogP contribution in [0.25, 0.3) is 5.69 Å². The molecule has 1 aromatic heterocycles. The number of hydrogen-bond acceptors (Lipinski definition) is 4. The summed E-state index contributed by atoms with van der Waals surface area (Å²) in [5, 5.41) is 4.49. The normalized spacial score (nSPS) is 15.2. The Morgan fingerprint density at radius 3 is 2.52 bits per heavy atom. The van der Waals surface area contributed by atoms with Gasteiger partial charge in [0.25, 0.3) is 5.91 Å². The molecule has 6 heteroatoms. The third-order valence-electron chi connectivity index (χ3n) is 5.03. The fourth-order valence-electron chi connectivity index (χ4n) is 3.57. The number of para-hydroxylation sites is 2. The van der Waals surface area contributed by atoms with Gasteiger partial charge in [0.15, 0.2) is 17.6 Å². The SMILES string of the molecule is CCN(C[C@H]1COc2ccccc2O1)C(=O)c1ccc(-n2nc(C)cc2C)cc1. The second kappa shape index (κ2) is 7.99. The first-order valence-electron chi connectivity index (χ1n) is 9.86. The van der Waals surface area contributed by atoms with Gasteiger partial charge in [0.2, 0.25) is 0 Å². The molecule has 0 spiro atoms. The van der Waals surface area contributed by atoms with E-state index in [1.165, 1.54) is 0 Å². The Labute approximate surface area is 170 Å². The van der Waals surface area contributed by atoms with E-state index >= 15 is 0 Å². The zero-order chi connectivity index (χ0) is 20.4. The molecule has 0 bridgehead atoms. The zero-order valence-corrected chi connectivity index (χ0v) is 17.0. The van der Waals surface area contributed by atoms with Crippen LogP contribution in [0.4, 0.5) is 0 Å².